The number of aromatic nitrogens is 2. The molecule has 0 aliphatic rings. The summed E-state index contributed by atoms with van der Waals surface area (Å²) in [7, 11) is 0. The summed E-state index contributed by atoms with van der Waals surface area (Å²) in [5.41, 5.74) is 1.88. The Morgan fingerprint density at radius 3 is 2.73 bits per heavy atom. The third kappa shape index (κ3) is 3.26. The van der Waals surface area contributed by atoms with E-state index in [2.05, 4.69) is 23.4 Å². The van der Waals surface area contributed by atoms with E-state index in [4.69, 9.17) is 0 Å². The van der Waals surface area contributed by atoms with Gasteiger partial charge in [-0.2, -0.15) is 5.10 Å². The smallest absolute Gasteiger partial charge is 0.256 e. The lowest BCUT2D eigenvalue weighted by Gasteiger charge is -2.08. The lowest BCUT2D eigenvalue weighted by molar-refractivity contribution is 0.102. The van der Waals surface area contributed by atoms with Gasteiger partial charge in [-0.1, -0.05) is 25.1 Å². The number of thiophene rings is 1. The molecule has 2 heterocycles. The number of aryl methyl sites for hydroxylation is 1. The number of nitrogens with zero attached hydrogens (tertiary/aromatic N) is 2. The molecule has 0 radical (unpaired) electrons. The number of hydrogen-bond donors (Lipinski definition) is 1. The Hall–Kier alpha value is -2.40. The van der Waals surface area contributed by atoms with Gasteiger partial charge in [-0.3, -0.25) is 4.79 Å². The van der Waals surface area contributed by atoms with Crippen LogP contribution in [0.1, 0.15) is 27.7 Å². The summed E-state index contributed by atoms with van der Waals surface area (Å²) in [5, 5.41) is 9.23. The fraction of sp³-hybridized carbons (Fsp3) is 0.176. The van der Waals surface area contributed by atoms with Crippen molar-refractivity contribution in [2.45, 2.75) is 19.9 Å². The number of carbonyl (C=O) groups excluding carboxylic acids is 1. The minimum atomic E-state index is -0.115. The van der Waals surface area contributed by atoms with Gasteiger partial charge in [0.1, 0.15) is 5.82 Å². The van der Waals surface area contributed by atoms with Crippen LogP contribution in [0.4, 0.5) is 5.82 Å². The van der Waals surface area contributed by atoms with Gasteiger partial charge in [-0.15, -0.1) is 11.3 Å². The number of benzene rings is 1. The van der Waals surface area contributed by atoms with Gasteiger partial charge < -0.3 is 5.32 Å². The SMILES string of the molecule is CCc1ccc(C(=O)Nc2ccnn2Cc2cccs2)cc1. The zero-order valence-corrected chi connectivity index (χ0v) is 13.1. The van der Waals surface area contributed by atoms with E-state index in [-0.39, 0.29) is 5.91 Å². The predicted molar refractivity (Wildman–Crippen MR) is 89.4 cm³/mol. The molecule has 112 valence electrons. The largest absolute Gasteiger partial charge is 0.307 e. The van der Waals surface area contributed by atoms with Crippen LogP contribution in [0.5, 0.6) is 0 Å². The second-order valence-corrected chi connectivity index (χ2v) is 5.99. The predicted octanol–water partition coefficient (Wildman–Crippen LogP) is 3.81. The quantitative estimate of drug-likeness (QED) is 0.779. The first-order valence-corrected chi connectivity index (χ1v) is 8.08. The Bertz CT molecular complexity index is 745. The summed E-state index contributed by atoms with van der Waals surface area (Å²) in [6.07, 6.45) is 2.67. The van der Waals surface area contributed by atoms with Crippen molar-refractivity contribution in [1.82, 2.24) is 9.78 Å². The van der Waals surface area contributed by atoms with E-state index in [1.54, 1.807) is 22.2 Å². The molecule has 0 fully saturated rings. The summed E-state index contributed by atoms with van der Waals surface area (Å²) in [6.45, 7) is 2.76. The van der Waals surface area contributed by atoms with Gasteiger partial charge in [0.05, 0.1) is 12.7 Å². The van der Waals surface area contributed by atoms with E-state index in [1.165, 1.54) is 10.4 Å². The van der Waals surface area contributed by atoms with Gasteiger partial charge in [0.15, 0.2) is 0 Å². The van der Waals surface area contributed by atoms with Crippen molar-refractivity contribution in [3.05, 3.63) is 70.0 Å². The van der Waals surface area contributed by atoms with E-state index >= 15 is 0 Å². The molecule has 0 unspecified atom stereocenters. The minimum Gasteiger partial charge on any atom is -0.307 e. The van der Waals surface area contributed by atoms with Crippen LogP contribution in [-0.4, -0.2) is 15.7 Å². The molecule has 0 spiro atoms. The van der Waals surface area contributed by atoms with Crippen molar-refractivity contribution in [1.29, 1.82) is 0 Å². The third-order valence-electron chi connectivity index (χ3n) is 3.47. The Morgan fingerprint density at radius 1 is 1.23 bits per heavy atom. The maximum atomic E-state index is 12.3. The lowest BCUT2D eigenvalue weighted by Crippen LogP contribution is -2.16. The molecule has 1 amide bonds. The van der Waals surface area contributed by atoms with Crippen LogP contribution in [-0.2, 0) is 13.0 Å². The summed E-state index contributed by atoms with van der Waals surface area (Å²) < 4.78 is 1.80. The summed E-state index contributed by atoms with van der Waals surface area (Å²) in [5.74, 6) is 0.591. The normalized spacial score (nSPS) is 10.6. The molecule has 1 N–H and O–H groups in total. The Labute approximate surface area is 133 Å². The number of anilines is 1. The standard InChI is InChI=1S/C17H17N3OS/c1-2-13-5-7-14(8-6-13)17(21)19-16-9-10-18-20(16)12-15-4-3-11-22-15/h3-11H,2,12H2,1H3,(H,19,21). The molecule has 4 nitrogen and oxygen atoms in total. The fourth-order valence-corrected chi connectivity index (χ4v) is 2.88. The highest BCUT2D eigenvalue weighted by molar-refractivity contribution is 7.09. The Balaban J connectivity index is 1.72. The monoisotopic (exact) mass is 311 g/mol. The van der Waals surface area contributed by atoms with Crippen LogP contribution in [0, 0.1) is 0 Å². The van der Waals surface area contributed by atoms with Crippen LogP contribution in [0.3, 0.4) is 0 Å². The van der Waals surface area contributed by atoms with E-state index in [0.29, 0.717) is 17.9 Å². The fourth-order valence-electron chi connectivity index (χ4n) is 2.20. The zero-order chi connectivity index (χ0) is 15.4. The first-order chi connectivity index (χ1) is 10.8. The van der Waals surface area contributed by atoms with E-state index < -0.39 is 0 Å². The molecule has 0 saturated carbocycles. The molecular formula is C17H17N3OS. The van der Waals surface area contributed by atoms with Gasteiger partial charge >= 0.3 is 0 Å². The lowest BCUT2D eigenvalue weighted by atomic mass is 10.1. The van der Waals surface area contributed by atoms with Crippen molar-refractivity contribution in [2.24, 2.45) is 0 Å². The van der Waals surface area contributed by atoms with Crippen LogP contribution >= 0.6 is 11.3 Å². The molecule has 22 heavy (non-hydrogen) atoms. The molecule has 1 aromatic carbocycles. The average molecular weight is 311 g/mol. The Morgan fingerprint density at radius 2 is 2.05 bits per heavy atom. The highest BCUT2D eigenvalue weighted by Gasteiger charge is 2.10. The second-order valence-electron chi connectivity index (χ2n) is 4.96. The van der Waals surface area contributed by atoms with Crippen LogP contribution in [0.2, 0.25) is 0 Å². The highest BCUT2D eigenvalue weighted by Crippen LogP contribution is 2.15. The molecule has 0 atom stereocenters. The molecule has 0 aliphatic heterocycles. The number of amides is 1. The molecule has 3 rings (SSSR count). The highest BCUT2D eigenvalue weighted by atomic mass is 32.1. The summed E-state index contributed by atoms with van der Waals surface area (Å²) in [4.78, 5) is 13.5. The van der Waals surface area contributed by atoms with E-state index in [0.717, 1.165) is 6.42 Å². The van der Waals surface area contributed by atoms with Gasteiger partial charge in [0, 0.05) is 16.5 Å². The second kappa shape index (κ2) is 6.58. The first kappa shape index (κ1) is 14.5. The van der Waals surface area contributed by atoms with Crippen molar-refractivity contribution in [3.63, 3.8) is 0 Å². The molecule has 0 bridgehead atoms. The Kier molecular flexibility index (Phi) is 4.34. The molecule has 3 aromatic rings. The van der Waals surface area contributed by atoms with E-state index in [1.807, 2.05) is 41.8 Å². The van der Waals surface area contributed by atoms with Crippen molar-refractivity contribution in [3.8, 4) is 0 Å². The molecule has 5 heteroatoms. The van der Waals surface area contributed by atoms with Gasteiger partial charge in [0.25, 0.3) is 5.91 Å². The van der Waals surface area contributed by atoms with Crippen molar-refractivity contribution < 1.29 is 4.79 Å². The van der Waals surface area contributed by atoms with Gasteiger partial charge in [-0.25, -0.2) is 4.68 Å². The summed E-state index contributed by atoms with van der Waals surface area (Å²) in [6, 6.07) is 13.6. The van der Waals surface area contributed by atoms with Crippen LogP contribution < -0.4 is 5.32 Å². The molecule has 0 saturated heterocycles. The van der Waals surface area contributed by atoms with Gasteiger partial charge in [0.2, 0.25) is 0 Å². The van der Waals surface area contributed by atoms with Crippen molar-refractivity contribution in [2.75, 3.05) is 5.32 Å². The number of hydrogen-bond acceptors (Lipinski definition) is 3. The molecule has 2 aromatic heterocycles. The van der Waals surface area contributed by atoms with Crippen LogP contribution in [0.15, 0.2) is 54.0 Å². The van der Waals surface area contributed by atoms with Crippen LogP contribution in [0.25, 0.3) is 0 Å². The summed E-state index contributed by atoms with van der Waals surface area (Å²) >= 11 is 1.68. The first-order valence-electron chi connectivity index (χ1n) is 7.20. The number of rotatable bonds is 5. The molecular weight excluding hydrogens is 294 g/mol. The number of nitrogens with one attached hydrogen (secondary N) is 1. The number of carbonyl (C=O) groups is 1. The maximum absolute atomic E-state index is 12.3. The molecule has 0 aliphatic carbocycles. The maximum Gasteiger partial charge on any atom is 0.256 e. The average Bonchev–Trinajstić information content (AvgIpc) is 3.20. The van der Waals surface area contributed by atoms with Gasteiger partial charge in [-0.05, 0) is 35.6 Å². The zero-order valence-electron chi connectivity index (χ0n) is 12.3. The topological polar surface area (TPSA) is 46.9 Å². The minimum absolute atomic E-state index is 0.115. The van der Waals surface area contributed by atoms with E-state index in [9.17, 15) is 4.79 Å². The van der Waals surface area contributed by atoms with Crippen molar-refractivity contribution >= 4 is 23.1 Å². The third-order valence-corrected chi connectivity index (χ3v) is 4.33.